The van der Waals surface area contributed by atoms with Crippen LogP contribution in [0.15, 0.2) is 18.2 Å². The minimum absolute atomic E-state index is 0.158. The van der Waals surface area contributed by atoms with Crippen LogP contribution in [0, 0.1) is 12.8 Å². The highest BCUT2D eigenvalue weighted by Gasteiger charge is 2.08. The number of carboxylic acids is 1. The summed E-state index contributed by atoms with van der Waals surface area (Å²) in [5.74, 6) is -0.0383. The van der Waals surface area contributed by atoms with E-state index in [2.05, 4.69) is 44.3 Å². The van der Waals surface area contributed by atoms with Gasteiger partial charge in [-0.1, -0.05) is 39.0 Å². The van der Waals surface area contributed by atoms with Gasteiger partial charge in [0.15, 0.2) is 0 Å². The van der Waals surface area contributed by atoms with Gasteiger partial charge in [-0.25, -0.2) is 0 Å². The summed E-state index contributed by atoms with van der Waals surface area (Å²) in [4.78, 5) is 10.6. The van der Waals surface area contributed by atoms with Crippen LogP contribution in [0.1, 0.15) is 49.8 Å². The molecular formula is C16H25NO2. The van der Waals surface area contributed by atoms with E-state index in [1.807, 2.05) is 6.92 Å². The third kappa shape index (κ3) is 5.43. The van der Waals surface area contributed by atoms with Gasteiger partial charge in [-0.05, 0) is 42.0 Å². The van der Waals surface area contributed by atoms with E-state index < -0.39 is 5.97 Å². The van der Waals surface area contributed by atoms with E-state index in [1.54, 1.807) is 0 Å². The molecule has 3 nitrogen and oxygen atoms in total. The van der Waals surface area contributed by atoms with E-state index in [0.717, 1.165) is 13.1 Å². The molecule has 0 bridgehead atoms. The summed E-state index contributed by atoms with van der Waals surface area (Å²) in [7, 11) is 0. The molecule has 0 heterocycles. The lowest BCUT2D eigenvalue weighted by molar-refractivity contribution is -0.137. The van der Waals surface area contributed by atoms with Crippen LogP contribution in [-0.2, 0) is 11.3 Å². The molecule has 0 aliphatic rings. The zero-order valence-corrected chi connectivity index (χ0v) is 12.4. The summed E-state index contributed by atoms with van der Waals surface area (Å²) >= 11 is 0. The normalized spacial score (nSPS) is 12.7. The smallest absolute Gasteiger partial charge is 0.303 e. The molecule has 106 valence electrons. The topological polar surface area (TPSA) is 49.3 Å². The Morgan fingerprint density at radius 2 is 2.00 bits per heavy atom. The van der Waals surface area contributed by atoms with E-state index >= 15 is 0 Å². The van der Waals surface area contributed by atoms with Crippen molar-refractivity contribution in [2.45, 2.75) is 46.6 Å². The van der Waals surface area contributed by atoms with Gasteiger partial charge in [0.25, 0.3) is 0 Å². The Morgan fingerprint density at radius 3 is 2.58 bits per heavy atom. The Hall–Kier alpha value is -1.35. The summed E-state index contributed by atoms with van der Waals surface area (Å²) in [5.41, 5.74) is 3.93. The molecule has 2 N–H and O–H groups in total. The lowest BCUT2D eigenvalue weighted by Gasteiger charge is -2.14. The Labute approximate surface area is 116 Å². The van der Waals surface area contributed by atoms with Gasteiger partial charge in [0.1, 0.15) is 0 Å². The van der Waals surface area contributed by atoms with Gasteiger partial charge < -0.3 is 10.4 Å². The van der Waals surface area contributed by atoms with Crippen LogP contribution in [0.3, 0.4) is 0 Å². The first-order valence-electron chi connectivity index (χ1n) is 6.92. The fourth-order valence-electron chi connectivity index (χ4n) is 2.06. The zero-order valence-electron chi connectivity index (χ0n) is 12.4. The van der Waals surface area contributed by atoms with Crippen LogP contribution < -0.4 is 5.32 Å². The van der Waals surface area contributed by atoms with E-state index in [1.165, 1.54) is 16.7 Å². The van der Waals surface area contributed by atoms with Crippen molar-refractivity contribution in [3.63, 3.8) is 0 Å². The van der Waals surface area contributed by atoms with Crippen LogP contribution in [-0.4, -0.2) is 17.6 Å². The van der Waals surface area contributed by atoms with Gasteiger partial charge in [-0.2, -0.15) is 0 Å². The number of nitrogens with one attached hydrogen (secondary N) is 1. The molecule has 0 radical (unpaired) electrons. The maximum atomic E-state index is 10.6. The lowest BCUT2D eigenvalue weighted by Crippen LogP contribution is -2.23. The molecule has 1 unspecified atom stereocenters. The van der Waals surface area contributed by atoms with E-state index in [9.17, 15) is 4.79 Å². The second-order valence-corrected chi connectivity index (χ2v) is 5.67. The third-order valence-electron chi connectivity index (χ3n) is 3.37. The summed E-state index contributed by atoms with van der Waals surface area (Å²) in [6.45, 7) is 9.99. The summed E-state index contributed by atoms with van der Waals surface area (Å²) in [6, 6.07) is 6.58. The Bertz CT molecular complexity index is 427. The molecular weight excluding hydrogens is 238 g/mol. The molecule has 0 aromatic heterocycles. The number of carboxylic acid groups (broad SMARTS) is 1. The average molecular weight is 263 g/mol. The van der Waals surface area contributed by atoms with E-state index in [-0.39, 0.29) is 12.3 Å². The van der Waals surface area contributed by atoms with Crippen molar-refractivity contribution in [3.05, 3.63) is 34.9 Å². The Morgan fingerprint density at radius 1 is 1.32 bits per heavy atom. The fourth-order valence-corrected chi connectivity index (χ4v) is 2.06. The van der Waals surface area contributed by atoms with Crippen molar-refractivity contribution in [2.24, 2.45) is 5.92 Å². The average Bonchev–Trinajstić information content (AvgIpc) is 2.30. The minimum atomic E-state index is -0.729. The number of aryl methyl sites for hydroxylation is 1. The van der Waals surface area contributed by atoms with Crippen LogP contribution >= 0.6 is 0 Å². The van der Waals surface area contributed by atoms with Crippen molar-refractivity contribution >= 4 is 5.97 Å². The van der Waals surface area contributed by atoms with Gasteiger partial charge in [-0.15, -0.1) is 0 Å². The summed E-state index contributed by atoms with van der Waals surface area (Å²) < 4.78 is 0. The van der Waals surface area contributed by atoms with Crippen molar-refractivity contribution < 1.29 is 9.90 Å². The quantitative estimate of drug-likeness (QED) is 0.793. The Balaban J connectivity index is 2.53. The molecule has 1 aromatic carbocycles. The number of hydrogen-bond acceptors (Lipinski definition) is 2. The van der Waals surface area contributed by atoms with Crippen LogP contribution in [0.5, 0.6) is 0 Å². The first kappa shape index (κ1) is 15.7. The zero-order chi connectivity index (χ0) is 14.4. The van der Waals surface area contributed by atoms with Crippen LogP contribution in [0.4, 0.5) is 0 Å². The highest BCUT2D eigenvalue weighted by molar-refractivity contribution is 5.66. The maximum absolute atomic E-state index is 10.6. The van der Waals surface area contributed by atoms with E-state index in [0.29, 0.717) is 5.92 Å². The molecule has 0 saturated heterocycles. The van der Waals surface area contributed by atoms with Crippen LogP contribution in [0.25, 0.3) is 0 Å². The molecule has 0 fully saturated rings. The molecule has 3 heteroatoms. The molecule has 0 spiro atoms. The number of carbonyl (C=O) groups is 1. The number of aliphatic carboxylic acids is 1. The Kier molecular flexibility index (Phi) is 6.03. The van der Waals surface area contributed by atoms with Crippen molar-refractivity contribution in [1.82, 2.24) is 5.32 Å². The molecule has 0 aliphatic carbocycles. The molecule has 1 atom stereocenters. The number of hydrogen-bond donors (Lipinski definition) is 2. The molecule has 1 aromatic rings. The lowest BCUT2D eigenvalue weighted by atomic mass is 9.97. The van der Waals surface area contributed by atoms with Crippen LogP contribution in [0.2, 0.25) is 0 Å². The monoisotopic (exact) mass is 263 g/mol. The second kappa shape index (κ2) is 7.29. The SMILES string of the molecule is Cc1ccc(C(C)C)cc1CNCC(C)CC(=O)O. The summed E-state index contributed by atoms with van der Waals surface area (Å²) in [6.07, 6.45) is 0.220. The molecule has 1 rings (SSSR count). The standard InChI is InChI=1S/C16H25NO2/c1-11(2)14-6-5-13(4)15(8-14)10-17-9-12(3)7-16(18)19/h5-6,8,11-12,17H,7,9-10H2,1-4H3,(H,18,19). The largest absolute Gasteiger partial charge is 0.481 e. The number of rotatable bonds is 7. The molecule has 0 aliphatic heterocycles. The van der Waals surface area contributed by atoms with Gasteiger partial charge in [0.05, 0.1) is 0 Å². The first-order valence-corrected chi connectivity index (χ1v) is 6.92. The first-order chi connectivity index (χ1) is 8.90. The predicted molar refractivity (Wildman–Crippen MR) is 78.4 cm³/mol. The maximum Gasteiger partial charge on any atom is 0.303 e. The summed E-state index contributed by atoms with van der Waals surface area (Å²) in [5, 5.41) is 12.1. The minimum Gasteiger partial charge on any atom is -0.481 e. The van der Waals surface area contributed by atoms with Gasteiger partial charge in [0, 0.05) is 13.0 Å². The van der Waals surface area contributed by atoms with Crippen molar-refractivity contribution in [3.8, 4) is 0 Å². The molecule has 19 heavy (non-hydrogen) atoms. The third-order valence-corrected chi connectivity index (χ3v) is 3.37. The molecule has 0 amide bonds. The predicted octanol–water partition coefficient (Wildman–Crippen LogP) is 3.32. The molecule has 0 saturated carbocycles. The number of benzene rings is 1. The highest BCUT2D eigenvalue weighted by Crippen LogP contribution is 2.18. The van der Waals surface area contributed by atoms with Crippen molar-refractivity contribution in [1.29, 1.82) is 0 Å². The van der Waals surface area contributed by atoms with Gasteiger partial charge in [0.2, 0.25) is 0 Å². The van der Waals surface area contributed by atoms with Gasteiger partial charge in [-0.3, -0.25) is 4.79 Å². The fraction of sp³-hybridized carbons (Fsp3) is 0.562. The van der Waals surface area contributed by atoms with Crippen molar-refractivity contribution in [2.75, 3.05) is 6.54 Å². The highest BCUT2D eigenvalue weighted by atomic mass is 16.4. The second-order valence-electron chi connectivity index (χ2n) is 5.67. The van der Waals surface area contributed by atoms with E-state index in [4.69, 9.17) is 5.11 Å². The van der Waals surface area contributed by atoms with Gasteiger partial charge >= 0.3 is 5.97 Å².